The molecule has 4 heterocycles. The minimum absolute atomic E-state index is 0.593. The summed E-state index contributed by atoms with van der Waals surface area (Å²) in [6, 6.07) is 19.4. The van der Waals surface area contributed by atoms with Crippen molar-refractivity contribution >= 4 is 34.4 Å². The molecule has 0 saturated heterocycles. The first-order chi connectivity index (χ1) is 18.7. The number of ether oxygens (including phenoxy) is 2. The Morgan fingerprint density at radius 2 is 1.76 bits per heavy atom. The van der Waals surface area contributed by atoms with Gasteiger partial charge in [-0.1, -0.05) is 48.2 Å². The second-order valence-electron chi connectivity index (χ2n) is 9.02. The lowest BCUT2D eigenvalue weighted by molar-refractivity contribution is -0.0839. The smallest absolute Gasteiger partial charge is 0.313 e. The van der Waals surface area contributed by atoms with Crippen molar-refractivity contribution < 1.29 is 9.47 Å². The first-order valence-corrected chi connectivity index (χ1v) is 14.1. The Hall–Kier alpha value is -3.66. The third-order valence-corrected chi connectivity index (χ3v) is 8.12. The van der Waals surface area contributed by atoms with Crippen molar-refractivity contribution in [3.63, 3.8) is 0 Å². The molecule has 0 spiro atoms. The van der Waals surface area contributed by atoms with Crippen molar-refractivity contribution in [2.75, 3.05) is 11.9 Å². The average molecular weight is 542 g/mol. The topological polar surface area (TPSA) is 80.7 Å². The normalized spacial score (nSPS) is 17.8. The summed E-state index contributed by atoms with van der Waals surface area (Å²) < 4.78 is 13.4. The Morgan fingerprint density at radius 3 is 2.45 bits per heavy atom. The summed E-state index contributed by atoms with van der Waals surface area (Å²) in [6.07, 6.45) is 8.15. The molecular formula is C29H27N5O2S2. The molecule has 2 aliphatic heterocycles. The molecule has 2 N–H and O–H groups in total. The highest BCUT2D eigenvalue weighted by atomic mass is 32.2. The third-order valence-electron chi connectivity index (χ3n) is 6.20. The number of aliphatic imine (C=N–C) groups is 1. The number of thioether (sulfide) groups is 1. The van der Waals surface area contributed by atoms with E-state index < -0.39 is 12.0 Å². The van der Waals surface area contributed by atoms with E-state index in [-0.39, 0.29) is 0 Å². The Bertz CT molecular complexity index is 1410. The van der Waals surface area contributed by atoms with Gasteiger partial charge in [0.15, 0.2) is 5.13 Å². The summed E-state index contributed by atoms with van der Waals surface area (Å²) in [7, 11) is 0. The number of nitrogens with one attached hydrogen (secondary N) is 2. The lowest BCUT2D eigenvalue weighted by Crippen LogP contribution is -2.55. The van der Waals surface area contributed by atoms with E-state index in [1.54, 1.807) is 11.8 Å². The van der Waals surface area contributed by atoms with Gasteiger partial charge in [0, 0.05) is 46.4 Å². The monoisotopic (exact) mass is 541 g/mol. The van der Waals surface area contributed by atoms with Gasteiger partial charge in [-0.2, -0.15) is 0 Å². The molecule has 4 aromatic rings. The number of hydrogen-bond acceptors (Lipinski definition) is 9. The second kappa shape index (κ2) is 11.0. The highest BCUT2D eigenvalue weighted by molar-refractivity contribution is 8.04. The van der Waals surface area contributed by atoms with Crippen LogP contribution in [0.4, 0.5) is 5.13 Å². The summed E-state index contributed by atoms with van der Waals surface area (Å²) in [6.45, 7) is 3.76. The molecule has 0 radical (unpaired) electrons. The molecule has 0 amide bonds. The van der Waals surface area contributed by atoms with Crippen LogP contribution in [0.15, 0.2) is 99.3 Å². The number of hydrogen-bond donors (Lipinski definition) is 2. The van der Waals surface area contributed by atoms with Gasteiger partial charge in [-0.25, -0.2) is 4.98 Å². The van der Waals surface area contributed by atoms with Crippen LogP contribution < -0.4 is 20.1 Å². The van der Waals surface area contributed by atoms with Crippen LogP contribution >= 0.6 is 23.1 Å². The molecule has 2 aromatic heterocycles. The minimum atomic E-state index is -1.29. The zero-order valence-electron chi connectivity index (χ0n) is 20.8. The van der Waals surface area contributed by atoms with E-state index >= 15 is 0 Å². The fourth-order valence-corrected chi connectivity index (χ4v) is 6.20. The number of nitrogens with zero attached hydrogens (tertiary/aromatic N) is 3. The van der Waals surface area contributed by atoms with Crippen LogP contribution in [0.1, 0.15) is 16.8 Å². The van der Waals surface area contributed by atoms with Crippen LogP contribution in [-0.2, 0) is 13.0 Å². The van der Waals surface area contributed by atoms with E-state index in [1.165, 1.54) is 22.5 Å². The fourth-order valence-electron chi connectivity index (χ4n) is 4.43. The van der Waals surface area contributed by atoms with Gasteiger partial charge in [-0.3, -0.25) is 9.98 Å². The Balaban J connectivity index is 1.41. The van der Waals surface area contributed by atoms with Gasteiger partial charge in [-0.15, -0.1) is 11.3 Å². The molecule has 9 heteroatoms. The van der Waals surface area contributed by atoms with Crippen LogP contribution in [0.2, 0.25) is 0 Å². The predicted octanol–water partition coefficient (Wildman–Crippen LogP) is 5.85. The number of fused-ring (bicyclic) bond motifs is 1. The number of allylic oxidation sites excluding steroid dienone is 1. The van der Waals surface area contributed by atoms with E-state index in [1.807, 2.05) is 97.7 Å². The molecule has 1 unspecified atom stereocenters. The number of thiazole rings is 1. The van der Waals surface area contributed by atoms with Crippen molar-refractivity contribution in [2.24, 2.45) is 4.99 Å². The van der Waals surface area contributed by atoms with Crippen LogP contribution in [0, 0.1) is 6.92 Å². The number of para-hydroxylation sites is 2. The van der Waals surface area contributed by atoms with Crippen LogP contribution in [0.25, 0.3) is 0 Å². The van der Waals surface area contributed by atoms with Gasteiger partial charge < -0.3 is 20.1 Å². The molecule has 2 aromatic carbocycles. The lowest BCUT2D eigenvalue weighted by Gasteiger charge is -2.38. The van der Waals surface area contributed by atoms with E-state index in [0.717, 1.165) is 40.1 Å². The van der Waals surface area contributed by atoms with Gasteiger partial charge in [0.25, 0.3) is 0 Å². The number of aryl methyl sites for hydroxylation is 1. The maximum absolute atomic E-state index is 6.68. The second-order valence-corrected chi connectivity index (χ2v) is 11.0. The van der Waals surface area contributed by atoms with Crippen molar-refractivity contribution in [1.29, 1.82) is 0 Å². The molecule has 7 nitrogen and oxygen atoms in total. The molecule has 6 rings (SSSR count). The Morgan fingerprint density at radius 1 is 1.03 bits per heavy atom. The molecule has 2 aliphatic rings. The van der Waals surface area contributed by atoms with E-state index in [2.05, 4.69) is 20.6 Å². The number of benzene rings is 2. The van der Waals surface area contributed by atoms with Crippen LogP contribution in [0.5, 0.6) is 11.5 Å². The van der Waals surface area contributed by atoms with E-state index in [9.17, 15) is 0 Å². The van der Waals surface area contributed by atoms with Gasteiger partial charge in [0.05, 0.1) is 5.69 Å². The number of anilines is 1. The maximum atomic E-state index is 6.68. The number of rotatable bonds is 8. The average Bonchev–Trinajstić information content (AvgIpc) is 3.36. The first kappa shape index (κ1) is 24.7. The highest BCUT2D eigenvalue weighted by Gasteiger charge is 2.45. The zero-order chi connectivity index (χ0) is 25.8. The van der Waals surface area contributed by atoms with E-state index in [4.69, 9.17) is 14.5 Å². The van der Waals surface area contributed by atoms with Crippen LogP contribution in [0.3, 0.4) is 0 Å². The standard InChI is InChI=1S/C29H27N5O2S2/c1-20-19-37-28(33-20)34-27-29(35-22-8-4-2-5-9-22,36-23-10-6-3-7-11-23)14-24(17-32-27)38-26-18-31-16-21-15-30-13-12-25(21)26/h2-11,14,16-19,27,30H,12-13,15H2,1H3,(H,33,34). The summed E-state index contributed by atoms with van der Waals surface area (Å²) in [5.41, 5.74) is 3.51. The quantitative estimate of drug-likeness (QED) is 0.271. The van der Waals surface area contributed by atoms with Gasteiger partial charge in [0.1, 0.15) is 11.5 Å². The van der Waals surface area contributed by atoms with Gasteiger partial charge >= 0.3 is 5.79 Å². The Labute approximate surface area is 230 Å². The van der Waals surface area contributed by atoms with Crippen LogP contribution in [-0.4, -0.2) is 34.7 Å². The number of pyridine rings is 1. The molecule has 0 bridgehead atoms. The van der Waals surface area contributed by atoms with Gasteiger partial charge in [0.2, 0.25) is 6.17 Å². The summed E-state index contributed by atoms with van der Waals surface area (Å²) >= 11 is 3.16. The maximum Gasteiger partial charge on any atom is 0.313 e. The summed E-state index contributed by atoms with van der Waals surface area (Å²) in [5, 5.41) is 9.63. The molecule has 0 fully saturated rings. The largest absolute Gasteiger partial charge is 0.445 e. The van der Waals surface area contributed by atoms with Gasteiger partial charge in [-0.05, 0) is 55.3 Å². The number of dihydropyridines is 1. The molecule has 192 valence electrons. The summed E-state index contributed by atoms with van der Waals surface area (Å²) in [4.78, 5) is 16.1. The van der Waals surface area contributed by atoms with Crippen molar-refractivity contribution in [3.8, 4) is 11.5 Å². The first-order valence-electron chi connectivity index (χ1n) is 12.4. The summed E-state index contributed by atoms with van der Waals surface area (Å²) in [5.74, 6) is 0.0598. The number of aromatic nitrogens is 2. The van der Waals surface area contributed by atoms with Crippen molar-refractivity contribution in [3.05, 3.63) is 106 Å². The minimum Gasteiger partial charge on any atom is -0.445 e. The molecular weight excluding hydrogens is 514 g/mol. The molecule has 38 heavy (non-hydrogen) atoms. The predicted molar refractivity (Wildman–Crippen MR) is 153 cm³/mol. The zero-order valence-corrected chi connectivity index (χ0v) is 22.5. The third kappa shape index (κ3) is 5.45. The molecule has 0 saturated carbocycles. The lowest BCUT2D eigenvalue weighted by atomic mass is 10.0. The molecule has 1 atom stereocenters. The van der Waals surface area contributed by atoms with Crippen molar-refractivity contribution in [2.45, 2.75) is 36.7 Å². The molecule has 0 aliphatic carbocycles. The Kier molecular flexibility index (Phi) is 7.13. The van der Waals surface area contributed by atoms with Crippen molar-refractivity contribution in [1.82, 2.24) is 15.3 Å². The SMILES string of the molecule is Cc1csc(NC2N=CC(Sc3cncc4c3CCNC4)=CC2(Oc2ccccc2)Oc2ccccc2)n1. The highest BCUT2D eigenvalue weighted by Crippen LogP contribution is 2.38. The fraction of sp³-hybridized carbons (Fsp3) is 0.207. The van der Waals surface area contributed by atoms with E-state index in [0.29, 0.717) is 11.5 Å².